The number of nitrogens with one attached hydrogen (secondary N) is 1. The molecule has 58 valence electrons. The van der Waals surface area contributed by atoms with Gasteiger partial charge in [0.15, 0.2) is 0 Å². The zero-order valence-corrected chi connectivity index (χ0v) is 7.49. The molecule has 1 atom stereocenters. The molecule has 0 unspecified atom stereocenters. The fourth-order valence-corrected chi connectivity index (χ4v) is 1.79. The molecule has 1 aliphatic rings. The molecule has 1 saturated heterocycles. The number of hydrogen-bond acceptors (Lipinski definition) is 1. The van der Waals surface area contributed by atoms with E-state index in [-0.39, 0.29) is 5.91 Å². The summed E-state index contributed by atoms with van der Waals surface area (Å²) in [6.45, 7) is 0.856. The van der Waals surface area contributed by atoms with E-state index >= 15 is 0 Å². The van der Waals surface area contributed by atoms with Crippen LogP contribution in [0.15, 0.2) is 0 Å². The molecule has 1 fully saturated rings. The highest BCUT2D eigenvalue weighted by Crippen LogP contribution is 2.15. The van der Waals surface area contributed by atoms with Crippen LogP contribution in [0.1, 0.15) is 19.3 Å². The summed E-state index contributed by atoms with van der Waals surface area (Å²) >= 11 is 3.43. The Balaban J connectivity index is 2.33. The molecule has 0 aliphatic carbocycles. The molecule has 0 aromatic heterocycles. The van der Waals surface area contributed by atoms with Crippen LogP contribution >= 0.6 is 15.9 Å². The fraction of sp³-hybridized carbons (Fsp3) is 0.857. The predicted octanol–water partition coefficient (Wildman–Crippen LogP) is 1.30. The lowest BCUT2D eigenvalue weighted by Crippen LogP contribution is -2.21. The van der Waals surface area contributed by atoms with E-state index in [0.717, 1.165) is 24.7 Å². The molecule has 0 spiro atoms. The van der Waals surface area contributed by atoms with Crippen molar-refractivity contribution in [1.29, 1.82) is 0 Å². The Kier molecular flexibility index (Phi) is 3.19. The summed E-state index contributed by atoms with van der Waals surface area (Å²) in [6, 6.07) is 0. The molecule has 1 heterocycles. The van der Waals surface area contributed by atoms with Crippen LogP contribution in [0, 0.1) is 5.92 Å². The van der Waals surface area contributed by atoms with E-state index in [1.54, 1.807) is 0 Å². The highest BCUT2D eigenvalue weighted by Gasteiger charge is 2.13. The Morgan fingerprint density at radius 1 is 1.60 bits per heavy atom. The van der Waals surface area contributed by atoms with Gasteiger partial charge in [0.1, 0.15) is 0 Å². The van der Waals surface area contributed by atoms with Crippen molar-refractivity contribution in [3.63, 3.8) is 0 Å². The summed E-state index contributed by atoms with van der Waals surface area (Å²) in [4.78, 5) is 10.8. The molecule has 1 N–H and O–H groups in total. The van der Waals surface area contributed by atoms with Gasteiger partial charge in [0, 0.05) is 18.3 Å². The zero-order chi connectivity index (χ0) is 7.40. The summed E-state index contributed by atoms with van der Waals surface area (Å²) in [6.07, 6.45) is 2.87. The quantitative estimate of drug-likeness (QED) is 0.643. The average molecular weight is 206 g/mol. The third-order valence-corrected chi connectivity index (χ3v) is 2.79. The van der Waals surface area contributed by atoms with Gasteiger partial charge in [0.25, 0.3) is 0 Å². The van der Waals surface area contributed by atoms with Gasteiger partial charge >= 0.3 is 0 Å². The molecule has 1 rings (SSSR count). The minimum atomic E-state index is 0.212. The SMILES string of the molecule is O=C1CC[C@@H](CBr)CCN1. The number of carbonyl (C=O) groups is 1. The molecular formula is C7H12BrNO. The van der Waals surface area contributed by atoms with Gasteiger partial charge in [-0.3, -0.25) is 4.79 Å². The summed E-state index contributed by atoms with van der Waals surface area (Å²) in [7, 11) is 0. The molecule has 1 aliphatic heterocycles. The number of halogens is 1. The largest absolute Gasteiger partial charge is 0.356 e. The van der Waals surface area contributed by atoms with Gasteiger partial charge < -0.3 is 5.32 Å². The minimum absolute atomic E-state index is 0.212. The number of hydrogen-bond donors (Lipinski definition) is 1. The second kappa shape index (κ2) is 3.96. The predicted molar refractivity (Wildman–Crippen MR) is 44.1 cm³/mol. The number of alkyl halides is 1. The van der Waals surface area contributed by atoms with Gasteiger partial charge in [-0.2, -0.15) is 0 Å². The van der Waals surface area contributed by atoms with Crippen molar-refractivity contribution in [3.05, 3.63) is 0 Å². The van der Waals surface area contributed by atoms with Gasteiger partial charge in [-0.15, -0.1) is 0 Å². The van der Waals surface area contributed by atoms with E-state index in [1.807, 2.05) is 0 Å². The lowest BCUT2D eigenvalue weighted by Gasteiger charge is -2.06. The molecule has 0 saturated carbocycles. The standard InChI is InChI=1S/C7H12BrNO/c8-5-6-1-2-7(10)9-4-3-6/h6H,1-5H2,(H,9,10)/t6-/m1/s1. The number of rotatable bonds is 1. The van der Waals surface area contributed by atoms with Crippen LogP contribution in [0.4, 0.5) is 0 Å². The van der Waals surface area contributed by atoms with Crippen molar-refractivity contribution in [3.8, 4) is 0 Å². The van der Waals surface area contributed by atoms with Gasteiger partial charge in [0.2, 0.25) is 5.91 Å². The van der Waals surface area contributed by atoms with Crippen LogP contribution in [0.25, 0.3) is 0 Å². The van der Waals surface area contributed by atoms with Crippen molar-refractivity contribution in [1.82, 2.24) is 5.32 Å². The average Bonchev–Trinajstić information content (AvgIpc) is 2.14. The van der Waals surface area contributed by atoms with Gasteiger partial charge in [-0.1, -0.05) is 15.9 Å². The highest BCUT2D eigenvalue weighted by molar-refractivity contribution is 9.09. The number of carbonyl (C=O) groups excluding carboxylic acids is 1. The Morgan fingerprint density at radius 2 is 2.40 bits per heavy atom. The van der Waals surface area contributed by atoms with E-state index in [4.69, 9.17) is 0 Å². The lowest BCUT2D eigenvalue weighted by atomic mass is 10.0. The topological polar surface area (TPSA) is 29.1 Å². The first-order valence-electron chi connectivity index (χ1n) is 3.65. The molecule has 10 heavy (non-hydrogen) atoms. The van der Waals surface area contributed by atoms with Crippen LogP contribution in [0.5, 0.6) is 0 Å². The minimum Gasteiger partial charge on any atom is -0.356 e. The third kappa shape index (κ3) is 2.29. The van der Waals surface area contributed by atoms with E-state index in [9.17, 15) is 4.79 Å². The maximum Gasteiger partial charge on any atom is 0.220 e. The highest BCUT2D eigenvalue weighted by atomic mass is 79.9. The normalized spacial score (nSPS) is 27.3. The molecule has 0 radical (unpaired) electrons. The summed E-state index contributed by atoms with van der Waals surface area (Å²) in [5.74, 6) is 0.905. The smallest absolute Gasteiger partial charge is 0.220 e. The zero-order valence-electron chi connectivity index (χ0n) is 5.90. The van der Waals surface area contributed by atoms with Crippen molar-refractivity contribution < 1.29 is 4.79 Å². The Morgan fingerprint density at radius 3 is 3.10 bits per heavy atom. The van der Waals surface area contributed by atoms with Crippen LogP contribution in [0.3, 0.4) is 0 Å². The summed E-state index contributed by atoms with van der Waals surface area (Å²) in [5, 5.41) is 3.88. The van der Waals surface area contributed by atoms with Crippen molar-refractivity contribution >= 4 is 21.8 Å². The first kappa shape index (κ1) is 8.05. The Hall–Kier alpha value is -0.0500. The van der Waals surface area contributed by atoms with Crippen LogP contribution in [-0.4, -0.2) is 17.8 Å². The summed E-state index contributed by atoms with van der Waals surface area (Å²) in [5.41, 5.74) is 0. The second-order valence-electron chi connectivity index (χ2n) is 2.70. The molecular weight excluding hydrogens is 194 g/mol. The molecule has 0 aromatic carbocycles. The van der Waals surface area contributed by atoms with Crippen LogP contribution < -0.4 is 5.32 Å². The molecule has 1 amide bonds. The third-order valence-electron chi connectivity index (χ3n) is 1.87. The maximum atomic E-state index is 10.8. The van der Waals surface area contributed by atoms with Crippen LogP contribution in [-0.2, 0) is 4.79 Å². The van der Waals surface area contributed by atoms with Crippen molar-refractivity contribution in [2.45, 2.75) is 19.3 Å². The van der Waals surface area contributed by atoms with Gasteiger partial charge in [-0.25, -0.2) is 0 Å². The van der Waals surface area contributed by atoms with Crippen molar-refractivity contribution in [2.24, 2.45) is 5.92 Å². The van der Waals surface area contributed by atoms with E-state index < -0.39 is 0 Å². The van der Waals surface area contributed by atoms with E-state index in [1.165, 1.54) is 0 Å². The Bertz CT molecular complexity index is 127. The summed E-state index contributed by atoms with van der Waals surface area (Å²) < 4.78 is 0. The van der Waals surface area contributed by atoms with E-state index in [0.29, 0.717) is 12.3 Å². The Labute approximate surface area is 69.5 Å². The van der Waals surface area contributed by atoms with Crippen molar-refractivity contribution in [2.75, 3.05) is 11.9 Å². The molecule has 0 aromatic rings. The van der Waals surface area contributed by atoms with Gasteiger partial charge in [0.05, 0.1) is 0 Å². The first-order chi connectivity index (χ1) is 4.83. The van der Waals surface area contributed by atoms with E-state index in [2.05, 4.69) is 21.2 Å². The molecule has 2 nitrogen and oxygen atoms in total. The van der Waals surface area contributed by atoms with Gasteiger partial charge in [-0.05, 0) is 18.8 Å². The second-order valence-corrected chi connectivity index (χ2v) is 3.35. The molecule has 3 heteroatoms. The molecule has 0 bridgehead atoms. The lowest BCUT2D eigenvalue weighted by molar-refractivity contribution is -0.120. The van der Waals surface area contributed by atoms with Crippen LogP contribution in [0.2, 0.25) is 0 Å². The maximum absolute atomic E-state index is 10.8. The first-order valence-corrected chi connectivity index (χ1v) is 4.77. The monoisotopic (exact) mass is 205 g/mol. The fourth-order valence-electron chi connectivity index (χ4n) is 1.14. The number of amides is 1.